The highest BCUT2D eigenvalue weighted by Crippen LogP contribution is 2.39. The molecule has 328 valence electrons. The second kappa shape index (κ2) is 15.1. The molecule has 4 heterocycles. The summed E-state index contributed by atoms with van der Waals surface area (Å²) in [5, 5.41) is 7.18. The first-order valence-electron chi connectivity index (χ1n) is 21.6. The van der Waals surface area contributed by atoms with E-state index in [1.54, 1.807) is 24.3 Å². The number of benzene rings is 4. The zero-order valence-electron chi connectivity index (χ0n) is 37.7. The molecular weight excluding hydrogens is 797 g/mol. The SMILES string of the molecule is CC1(C)CC(N2C(=O)c3ccc(C(=O)Oc4ccc(C(C)(C)c5ccc(OC(=O)c6ccc7c(c6)C(=O)N(C6CC(C)(C)NC(C)(C)C6)C7=O)cc5)cc4)cc3C2=O)CC(C)(C)N1. The molecule has 2 N–H and O–H groups in total. The Hall–Kier alpha value is -5.98. The highest BCUT2D eigenvalue weighted by Gasteiger charge is 2.49. The second-order valence-electron chi connectivity index (χ2n) is 20.8. The fourth-order valence-corrected chi connectivity index (χ4v) is 10.7. The molecule has 4 aliphatic heterocycles. The average molecular weight is 853 g/mol. The van der Waals surface area contributed by atoms with Crippen LogP contribution < -0.4 is 20.1 Å². The smallest absolute Gasteiger partial charge is 0.343 e. The number of carbonyl (C=O) groups excluding carboxylic acids is 6. The van der Waals surface area contributed by atoms with Crippen LogP contribution in [0.25, 0.3) is 0 Å². The Morgan fingerprint density at radius 2 is 0.794 bits per heavy atom. The predicted molar refractivity (Wildman–Crippen MR) is 237 cm³/mol. The zero-order chi connectivity index (χ0) is 45.6. The minimum atomic E-state index is -0.648. The minimum absolute atomic E-state index is 0.167. The number of piperidine rings is 2. The van der Waals surface area contributed by atoms with E-state index in [0.29, 0.717) is 37.2 Å². The van der Waals surface area contributed by atoms with Crippen molar-refractivity contribution in [2.45, 2.75) is 135 Å². The van der Waals surface area contributed by atoms with Crippen LogP contribution in [0, 0.1) is 0 Å². The molecule has 0 radical (unpaired) electrons. The third kappa shape index (κ3) is 8.34. The molecule has 4 aliphatic rings. The molecule has 12 nitrogen and oxygen atoms in total. The molecule has 4 aromatic carbocycles. The van der Waals surface area contributed by atoms with Gasteiger partial charge < -0.3 is 20.1 Å². The zero-order valence-corrected chi connectivity index (χ0v) is 37.7. The summed E-state index contributed by atoms with van der Waals surface area (Å²) >= 11 is 0. The van der Waals surface area contributed by atoms with E-state index in [1.807, 2.05) is 38.1 Å². The first-order chi connectivity index (χ1) is 29.3. The Morgan fingerprint density at radius 3 is 1.11 bits per heavy atom. The lowest BCUT2D eigenvalue weighted by atomic mass is 9.78. The van der Waals surface area contributed by atoms with Crippen molar-refractivity contribution in [3.05, 3.63) is 129 Å². The number of nitrogens with zero attached hydrogens (tertiary/aromatic N) is 2. The number of hydrogen-bond donors (Lipinski definition) is 2. The van der Waals surface area contributed by atoms with Gasteiger partial charge in [0.25, 0.3) is 23.6 Å². The van der Waals surface area contributed by atoms with Gasteiger partial charge in [-0.1, -0.05) is 38.1 Å². The molecule has 2 fully saturated rings. The maximum absolute atomic E-state index is 13.7. The van der Waals surface area contributed by atoms with Gasteiger partial charge in [-0.25, -0.2) is 9.59 Å². The predicted octanol–water partition coefficient (Wildman–Crippen LogP) is 8.26. The molecule has 0 saturated carbocycles. The van der Waals surface area contributed by atoms with Crippen LogP contribution in [0.5, 0.6) is 11.5 Å². The molecule has 0 aliphatic carbocycles. The van der Waals surface area contributed by atoms with Gasteiger partial charge in [0.2, 0.25) is 0 Å². The maximum Gasteiger partial charge on any atom is 0.343 e. The van der Waals surface area contributed by atoms with E-state index < -0.39 is 29.2 Å². The molecule has 0 atom stereocenters. The Kier molecular flexibility index (Phi) is 10.5. The summed E-state index contributed by atoms with van der Waals surface area (Å²) in [6, 6.07) is 22.7. The molecule has 12 heteroatoms. The summed E-state index contributed by atoms with van der Waals surface area (Å²) in [5.74, 6) is -2.15. The molecule has 4 amide bonds. The summed E-state index contributed by atoms with van der Waals surface area (Å²) in [6.07, 6.45) is 2.47. The van der Waals surface area contributed by atoms with Gasteiger partial charge in [0.15, 0.2) is 0 Å². The molecule has 2 saturated heterocycles. The van der Waals surface area contributed by atoms with Crippen LogP contribution in [0.15, 0.2) is 84.9 Å². The monoisotopic (exact) mass is 852 g/mol. The number of esters is 2. The van der Waals surface area contributed by atoms with Crippen LogP contribution in [0.3, 0.4) is 0 Å². The van der Waals surface area contributed by atoms with Gasteiger partial charge in [0.05, 0.1) is 33.4 Å². The van der Waals surface area contributed by atoms with E-state index in [2.05, 4.69) is 66.0 Å². The quantitative estimate of drug-likeness (QED) is 0.101. The summed E-state index contributed by atoms with van der Waals surface area (Å²) in [5.41, 5.74) is 1.60. The van der Waals surface area contributed by atoms with Gasteiger partial charge in [-0.15, -0.1) is 0 Å². The molecule has 0 bridgehead atoms. The number of ether oxygens (including phenoxy) is 2. The first-order valence-corrected chi connectivity index (χ1v) is 21.6. The number of fused-ring (bicyclic) bond motifs is 2. The fourth-order valence-electron chi connectivity index (χ4n) is 10.7. The second-order valence-corrected chi connectivity index (χ2v) is 20.8. The topological polar surface area (TPSA) is 151 Å². The Balaban J connectivity index is 0.895. The molecule has 0 spiro atoms. The Bertz CT molecular complexity index is 2380. The highest BCUT2D eigenvalue weighted by molar-refractivity contribution is 6.23. The summed E-state index contributed by atoms with van der Waals surface area (Å²) in [7, 11) is 0. The van der Waals surface area contributed by atoms with Crippen LogP contribution in [0.4, 0.5) is 0 Å². The van der Waals surface area contributed by atoms with Crippen molar-refractivity contribution in [1.29, 1.82) is 0 Å². The molecule has 4 aromatic rings. The van der Waals surface area contributed by atoms with Crippen molar-refractivity contribution in [3.63, 3.8) is 0 Å². The minimum Gasteiger partial charge on any atom is -0.423 e. The van der Waals surface area contributed by atoms with E-state index in [9.17, 15) is 28.8 Å². The van der Waals surface area contributed by atoms with Crippen LogP contribution >= 0.6 is 0 Å². The lowest BCUT2D eigenvalue weighted by Gasteiger charge is -2.48. The Morgan fingerprint density at radius 1 is 0.492 bits per heavy atom. The number of imide groups is 2. The van der Waals surface area contributed by atoms with Gasteiger partial charge in [0, 0.05) is 39.7 Å². The lowest BCUT2D eigenvalue weighted by Crippen LogP contribution is -2.62. The van der Waals surface area contributed by atoms with Gasteiger partial charge in [-0.05, 0) is 153 Å². The van der Waals surface area contributed by atoms with Crippen LogP contribution in [0.2, 0.25) is 0 Å². The molecular formula is C51H56N4O8. The van der Waals surface area contributed by atoms with Crippen molar-refractivity contribution < 1.29 is 38.2 Å². The molecule has 0 unspecified atom stereocenters. The first kappa shape index (κ1) is 43.7. The van der Waals surface area contributed by atoms with Crippen LogP contribution in [-0.4, -0.2) is 79.6 Å². The van der Waals surface area contributed by atoms with Gasteiger partial charge in [-0.2, -0.15) is 0 Å². The highest BCUT2D eigenvalue weighted by atomic mass is 16.5. The number of nitrogens with one attached hydrogen (secondary N) is 2. The Labute approximate surface area is 368 Å². The van der Waals surface area contributed by atoms with Crippen LogP contribution in [-0.2, 0) is 5.41 Å². The fraction of sp³-hybridized carbons (Fsp3) is 0.412. The van der Waals surface area contributed by atoms with Crippen molar-refractivity contribution in [2.75, 3.05) is 0 Å². The average Bonchev–Trinajstić information content (AvgIpc) is 3.58. The number of carbonyl (C=O) groups is 6. The normalized spacial score (nSPS) is 20.4. The van der Waals surface area contributed by atoms with E-state index >= 15 is 0 Å². The molecule has 8 rings (SSSR count). The van der Waals surface area contributed by atoms with E-state index in [1.165, 1.54) is 46.2 Å². The third-order valence-electron chi connectivity index (χ3n) is 12.9. The van der Waals surface area contributed by atoms with Crippen LogP contribution in [0.1, 0.15) is 168 Å². The van der Waals surface area contributed by atoms with Crippen molar-refractivity contribution >= 4 is 35.6 Å². The van der Waals surface area contributed by atoms with Gasteiger partial charge in [-0.3, -0.25) is 29.0 Å². The summed E-state index contributed by atoms with van der Waals surface area (Å²) in [6.45, 7) is 20.6. The van der Waals surface area contributed by atoms with Crippen molar-refractivity contribution in [2.24, 2.45) is 0 Å². The molecule has 0 aromatic heterocycles. The van der Waals surface area contributed by atoms with Crippen molar-refractivity contribution in [1.82, 2.24) is 20.4 Å². The van der Waals surface area contributed by atoms with E-state index in [-0.39, 0.29) is 79.4 Å². The summed E-state index contributed by atoms with van der Waals surface area (Å²) < 4.78 is 11.4. The van der Waals surface area contributed by atoms with E-state index in [4.69, 9.17) is 9.47 Å². The molecule has 63 heavy (non-hydrogen) atoms. The largest absolute Gasteiger partial charge is 0.423 e. The van der Waals surface area contributed by atoms with E-state index in [0.717, 1.165) is 11.1 Å². The van der Waals surface area contributed by atoms with Gasteiger partial charge in [0.1, 0.15) is 11.5 Å². The number of hydrogen-bond acceptors (Lipinski definition) is 10. The number of amides is 4. The third-order valence-corrected chi connectivity index (χ3v) is 12.9. The van der Waals surface area contributed by atoms with Crippen molar-refractivity contribution in [3.8, 4) is 11.5 Å². The lowest BCUT2D eigenvalue weighted by molar-refractivity contribution is 0.0393. The maximum atomic E-state index is 13.7. The number of rotatable bonds is 8. The summed E-state index contributed by atoms with van der Waals surface area (Å²) in [4.78, 5) is 83.7. The van der Waals surface area contributed by atoms with Gasteiger partial charge >= 0.3 is 11.9 Å². The standard InChI is InChI=1S/C51H56N4O8/c1-47(2)25-33(26-48(3,4)52-47)54-41(56)37-21-11-29(23-39(37)43(54)58)45(60)62-35-17-13-31(14-18-35)51(9,10)32-15-19-36(20-16-32)63-46(61)30-12-22-38-40(24-30)44(59)55(42(38)57)34-27-49(5,6)53-50(7,8)28-34/h11-24,33-34,52-53H,25-28H2,1-10H3.